The van der Waals surface area contributed by atoms with Crippen molar-refractivity contribution < 1.29 is 13.9 Å². The smallest absolute Gasteiger partial charge is 0.197 e. The third kappa shape index (κ3) is 2.84. The Morgan fingerprint density at radius 3 is 2.42 bits per heavy atom. The quantitative estimate of drug-likeness (QED) is 0.794. The number of carbonyl (C=O) groups excluding carboxylic acids is 1. The molecule has 2 aromatic rings. The number of rotatable bonds is 3. The first-order valence-electron chi connectivity index (χ1n) is 5.67. The van der Waals surface area contributed by atoms with Crippen LogP contribution >= 0.6 is 15.9 Å². The summed E-state index contributed by atoms with van der Waals surface area (Å²) in [5.74, 6) is -0.555. The molecule has 98 valence electrons. The lowest BCUT2D eigenvalue weighted by Crippen LogP contribution is -2.05. The average Bonchev–Trinajstić information content (AvgIpc) is 2.37. The minimum absolute atomic E-state index is 0.0327. The van der Waals surface area contributed by atoms with Crippen molar-refractivity contribution in [1.29, 1.82) is 0 Å². The summed E-state index contributed by atoms with van der Waals surface area (Å²) < 4.78 is 19.4. The van der Waals surface area contributed by atoms with Crippen LogP contribution in [0.5, 0.6) is 5.75 Å². The van der Waals surface area contributed by atoms with E-state index in [1.807, 2.05) is 19.1 Å². The van der Waals surface area contributed by atoms with Crippen molar-refractivity contribution in [2.24, 2.45) is 0 Å². The predicted octanol–water partition coefficient (Wildman–Crippen LogP) is 4.14. The van der Waals surface area contributed by atoms with Gasteiger partial charge >= 0.3 is 0 Å². The standard InChI is InChI=1S/C15H12BrFO2/c1-9-3-5-11(13(16)7-9)15(18)12-6-4-10(19-2)8-14(12)17/h3-8H,1-2H3. The maximum Gasteiger partial charge on any atom is 0.197 e. The summed E-state index contributed by atoms with van der Waals surface area (Å²) in [5.41, 5.74) is 1.50. The van der Waals surface area contributed by atoms with Gasteiger partial charge in [-0.3, -0.25) is 4.79 Å². The van der Waals surface area contributed by atoms with Gasteiger partial charge in [0.05, 0.1) is 12.7 Å². The van der Waals surface area contributed by atoms with E-state index in [9.17, 15) is 9.18 Å². The van der Waals surface area contributed by atoms with E-state index < -0.39 is 5.82 Å². The molecule has 2 aromatic carbocycles. The zero-order chi connectivity index (χ0) is 14.0. The van der Waals surface area contributed by atoms with E-state index in [4.69, 9.17) is 4.74 Å². The Morgan fingerprint density at radius 2 is 1.84 bits per heavy atom. The fourth-order valence-electron chi connectivity index (χ4n) is 1.76. The highest BCUT2D eigenvalue weighted by Crippen LogP contribution is 2.24. The Labute approximate surface area is 119 Å². The molecule has 2 rings (SSSR count). The molecule has 0 aromatic heterocycles. The first kappa shape index (κ1) is 13.7. The van der Waals surface area contributed by atoms with Crippen LogP contribution < -0.4 is 4.74 Å². The van der Waals surface area contributed by atoms with E-state index in [1.165, 1.54) is 19.2 Å². The molecule has 0 unspecified atom stereocenters. The van der Waals surface area contributed by atoms with Gasteiger partial charge in [0.25, 0.3) is 0 Å². The molecule has 0 atom stereocenters. The first-order chi connectivity index (χ1) is 9.02. The molecule has 0 radical (unpaired) electrons. The average molecular weight is 323 g/mol. The Kier molecular flexibility index (Phi) is 4.00. The minimum Gasteiger partial charge on any atom is -0.497 e. The van der Waals surface area contributed by atoms with Crippen molar-refractivity contribution in [2.75, 3.05) is 7.11 Å². The monoisotopic (exact) mass is 322 g/mol. The number of halogens is 2. The number of hydrogen-bond acceptors (Lipinski definition) is 2. The molecule has 0 aliphatic rings. The van der Waals surface area contributed by atoms with Crippen molar-refractivity contribution >= 4 is 21.7 Å². The van der Waals surface area contributed by atoms with Crippen LogP contribution in [0.2, 0.25) is 0 Å². The van der Waals surface area contributed by atoms with E-state index in [1.54, 1.807) is 12.1 Å². The van der Waals surface area contributed by atoms with Gasteiger partial charge in [-0.25, -0.2) is 4.39 Å². The van der Waals surface area contributed by atoms with Crippen molar-refractivity contribution in [3.05, 3.63) is 63.4 Å². The molecule has 0 aliphatic carbocycles. The summed E-state index contributed by atoms with van der Waals surface area (Å²) in [4.78, 5) is 12.3. The largest absolute Gasteiger partial charge is 0.497 e. The number of hydrogen-bond donors (Lipinski definition) is 0. The van der Waals surface area contributed by atoms with Crippen LogP contribution in [0.1, 0.15) is 21.5 Å². The van der Waals surface area contributed by atoms with E-state index in [0.717, 1.165) is 5.56 Å². The van der Waals surface area contributed by atoms with Gasteiger partial charge in [-0.2, -0.15) is 0 Å². The van der Waals surface area contributed by atoms with Gasteiger partial charge in [0.15, 0.2) is 5.78 Å². The maximum absolute atomic E-state index is 13.9. The summed E-state index contributed by atoms with van der Waals surface area (Å²) in [6.45, 7) is 1.92. The zero-order valence-corrected chi connectivity index (χ0v) is 12.1. The van der Waals surface area contributed by atoms with Gasteiger partial charge in [0, 0.05) is 16.1 Å². The highest BCUT2D eigenvalue weighted by atomic mass is 79.9. The fourth-order valence-corrected chi connectivity index (χ4v) is 2.43. The number of aryl methyl sites for hydroxylation is 1. The molecule has 0 aliphatic heterocycles. The summed E-state index contributed by atoms with van der Waals surface area (Å²) in [7, 11) is 1.45. The first-order valence-corrected chi connectivity index (χ1v) is 6.46. The van der Waals surface area contributed by atoms with Crippen LogP contribution in [0.15, 0.2) is 40.9 Å². The molecular weight excluding hydrogens is 311 g/mol. The van der Waals surface area contributed by atoms with E-state index >= 15 is 0 Å². The van der Waals surface area contributed by atoms with Crippen molar-refractivity contribution in [3.8, 4) is 5.75 Å². The Morgan fingerprint density at radius 1 is 1.16 bits per heavy atom. The molecule has 0 fully saturated rings. The summed E-state index contributed by atoms with van der Waals surface area (Å²) >= 11 is 3.33. The predicted molar refractivity (Wildman–Crippen MR) is 75.3 cm³/mol. The molecule has 0 saturated carbocycles. The Hall–Kier alpha value is -1.68. The molecule has 0 bridgehead atoms. The molecule has 0 heterocycles. The van der Waals surface area contributed by atoms with Crippen LogP contribution in [0.3, 0.4) is 0 Å². The van der Waals surface area contributed by atoms with Crippen molar-refractivity contribution in [3.63, 3.8) is 0 Å². The van der Waals surface area contributed by atoms with E-state index in [0.29, 0.717) is 15.8 Å². The van der Waals surface area contributed by atoms with Gasteiger partial charge < -0.3 is 4.74 Å². The van der Waals surface area contributed by atoms with Gasteiger partial charge in [0.1, 0.15) is 11.6 Å². The number of benzene rings is 2. The summed E-state index contributed by atoms with van der Waals surface area (Å²) in [5, 5.41) is 0. The second kappa shape index (κ2) is 5.53. The normalized spacial score (nSPS) is 10.3. The molecule has 19 heavy (non-hydrogen) atoms. The molecular formula is C15H12BrFO2. The van der Waals surface area contributed by atoms with Gasteiger partial charge in [-0.15, -0.1) is 0 Å². The molecule has 0 saturated heterocycles. The molecule has 2 nitrogen and oxygen atoms in total. The van der Waals surface area contributed by atoms with Crippen LogP contribution in [0.25, 0.3) is 0 Å². The lowest BCUT2D eigenvalue weighted by Gasteiger charge is -2.07. The highest BCUT2D eigenvalue weighted by Gasteiger charge is 2.17. The zero-order valence-electron chi connectivity index (χ0n) is 10.5. The minimum atomic E-state index is -0.586. The van der Waals surface area contributed by atoms with E-state index in [2.05, 4.69) is 15.9 Å². The molecule has 0 N–H and O–H groups in total. The second-order valence-corrected chi connectivity index (χ2v) is 5.01. The fraction of sp³-hybridized carbons (Fsp3) is 0.133. The van der Waals surface area contributed by atoms with Crippen LogP contribution in [0.4, 0.5) is 4.39 Å². The van der Waals surface area contributed by atoms with E-state index in [-0.39, 0.29) is 11.3 Å². The Balaban J connectivity index is 2.44. The maximum atomic E-state index is 13.9. The third-order valence-corrected chi connectivity index (χ3v) is 3.45. The van der Waals surface area contributed by atoms with Crippen LogP contribution in [0, 0.1) is 12.7 Å². The summed E-state index contributed by atoms with van der Waals surface area (Å²) in [6.07, 6.45) is 0. The number of ether oxygens (including phenoxy) is 1. The van der Waals surface area contributed by atoms with Gasteiger partial charge in [-0.05, 0) is 36.8 Å². The van der Waals surface area contributed by atoms with Crippen LogP contribution in [-0.4, -0.2) is 12.9 Å². The van der Waals surface area contributed by atoms with Crippen molar-refractivity contribution in [2.45, 2.75) is 6.92 Å². The molecule has 4 heteroatoms. The van der Waals surface area contributed by atoms with Gasteiger partial charge in [0.2, 0.25) is 0 Å². The summed E-state index contributed by atoms with van der Waals surface area (Å²) in [6, 6.07) is 9.54. The molecule has 0 spiro atoms. The third-order valence-electron chi connectivity index (χ3n) is 2.79. The number of methoxy groups -OCH3 is 1. The van der Waals surface area contributed by atoms with Gasteiger partial charge in [-0.1, -0.05) is 22.0 Å². The lowest BCUT2D eigenvalue weighted by atomic mass is 10.0. The number of carbonyl (C=O) groups is 1. The SMILES string of the molecule is COc1ccc(C(=O)c2ccc(C)cc2Br)c(F)c1. The highest BCUT2D eigenvalue weighted by molar-refractivity contribution is 9.10. The second-order valence-electron chi connectivity index (χ2n) is 4.16. The Bertz CT molecular complexity index is 638. The molecule has 0 amide bonds. The number of ketones is 1. The van der Waals surface area contributed by atoms with Crippen LogP contribution in [-0.2, 0) is 0 Å². The lowest BCUT2D eigenvalue weighted by molar-refractivity contribution is 0.103. The van der Waals surface area contributed by atoms with Crippen molar-refractivity contribution in [1.82, 2.24) is 0 Å². The topological polar surface area (TPSA) is 26.3 Å².